The van der Waals surface area contributed by atoms with Crippen LogP contribution in [0.3, 0.4) is 0 Å². The summed E-state index contributed by atoms with van der Waals surface area (Å²) in [6.07, 6.45) is 0.200. The predicted octanol–water partition coefficient (Wildman–Crippen LogP) is 0.978. The van der Waals surface area contributed by atoms with Crippen LogP contribution in [-0.4, -0.2) is 44.1 Å². The first-order valence-corrected chi connectivity index (χ1v) is 6.19. The molecule has 1 heterocycles. The Morgan fingerprint density at radius 3 is 2.60 bits per heavy atom. The number of nitrogens with zero attached hydrogens (tertiary/aromatic N) is 1. The Bertz CT molecular complexity index is 528. The second-order valence-electron chi connectivity index (χ2n) is 4.44. The van der Waals surface area contributed by atoms with E-state index in [4.69, 9.17) is 9.47 Å². The van der Waals surface area contributed by atoms with Crippen molar-refractivity contribution < 1.29 is 23.8 Å². The van der Waals surface area contributed by atoms with Gasteiger partial charge in [0.05, 0.1) is 34.3 Å². The molecule has 1 aromatic carbocycles. The van der Waals surface area contributed by atoms with E-state index in [1.807, 2.05) is 6.07 Å². The number of carbonyl (C=O) groups excluding carboxylic acids is 2. The van der Waals surface area contributed by atoms with Crippen molar-refractivity contribution in [2.75, 3.05) is 21.3 Å². The molecule has 1 unspecified atom stereocenters. The van der Waals surface area contributed by atoms with E-state index in [9.17, 15) is 9.59 Å². The van der Waals surface area contributed by atoms with Gasteiger partial charge in [-0.3, -0.25) is 4.79 Å². The second kappa shape index (κ2) is 5.81. The largest absolute Gasteiger partial charge is 0.497 e. The van der Waals surface area contributed by atoms with Crippen molar-refractivity contribution in [2.45, 2.75) is 19.0 Å². The summed E-state index contributed by atoms with van der Waals surface area (Å²) in [6.45, 7) is 0.311. The van der Waals surface area contributed by atoms with Crippen molar-refractivity contribution >= 4 is 11.9 Å². The van der Waals surface area contributed by atoms with Crippen LogP contribution in [0.25, 0.3) is 0 Å². The molecule has 6 heteroatoms. The van der Waals surface area contributed by atoms with Crippen LogP contribution in [-0.2, 0) is 20.9 Å². The Hall–Kier alpha value is -2.24. The fourth-order valence-corrected chi connectivity index (χ4v) is 2.17. The Labute approximate surface area is 117 Å². The lowest BCUT2D eigenvalue weighted by Crippen LogP contribution is -2.56. The summed E-state index contributed by atoms with van der Waals surface area (Å²) in [5, 5.41) is 0. The van der Waals surface area contributed by atoms with Gasteiger partial charge in [0.2, 0.25) is 5.91 Å². The molecule has 0 N–H and O–H groups in total. The zero-order valence-corrected chi connectivity index (χ0v) is 11.7. The maximum absolute atomic E-state index is 11.6. The van der Waals surface area contributed by atoms with Crippen molar-refractivity contribution in [3.63, 3.8) is 0 Å². The van der Waals surface area contributed by atoms with E-state index in [-0.39, 0.29) is 12.3 Å². The van der Waals surface area contributed by atoms with Crippen LogP contribution in [0.4, 0.5) is 0 Å². The second-order valence-corrected chi connectivity index (χ2v) is 4.44. The Balaban J connectivity index is 2.16. The number of amides is 1. The molecule has 0 spiro atoms. The number of methoxy groups -OCH3 is 3. The van der Waals surface area contributed by atoms with Gasteiger partial charge >= 0.3 is 5.97 Å². The molecular formula is C14H17NO5. The third-order valence-corrected chi connectivity index (χ3v) is 3.37. The van der Waals surface area contributed by atoms with E-state index in [0.29, 0.717) is 18.0 Å². The van der Waals surface area contributed by atoms with Gasteiger partial charge in [0.25, 0.3) is 0 Å². The van der Waals surface area contributed by atoms with Gasteiger partial charge in [0.15, 0.2) is 0 Å². The molecule has 1 saturated heterocycles. The SMILES string of the molecule is COC(=O)C1CC(=O)N1Cc1ccc(OC)cc1OC. The number of carbonyl (C=O) groups is 2. The van der Waals surface area contributed by atoms with E-state index in [1.54, 1.807) is 26.4 Å². The van der Waals surface area contributed by atoms with E-state index in [2.05, 4.69) is 4.74 Å². The first-order valence-electron chi connectivity index (χ1n) is 6.19. The molecule has 6 nitrogen and oxygen atoms in total. The maximum atomic E-state index is 11.6. The van der Waals surface area contributed by atoms with Crippen molar-refractivity contribution in [2.24, 2.45) is 0 Å². The lowest BCUT2D eigenvalue weighted by atomic mass is 10.0. The summed E-state index contributed by atoms with van der Waals surface area (Å²) in [7, 11) is 4.44. The summed E-state index contributed by atoms with van der Waals surface area (Å²) in [6, 6.07) is 4.85. The normalized spacial score (nSPS) is 17.4. The molecule has 1 aliphatic rings. The molecule has 1 aliphatic heterocycles. The predicted molar refractivity (Wildman–Crippen MR) is 70.5 cm³/mol. The van der Waals surface area contributed by atoms with Crippen molar-refractivity contribution in [3.05, 3.63) is 23.8 Å². The Morgan fingerprint density at radius 2 is 2.05 bits per heavy atom. The summed E-state index contributed by atoms with van der Waals surface area (Å²) >= 11 is 0. The Morgan fingerprint density at radius 1 is 1.30 bits per heavy atom. The summed E-state index contributed by atoms with van der Waals surface area (Å²) < 4.78 is 15.1. The van der Waals surface area contributed by atoms with Gasteiger partial charge in [-0.15, -0.1) is 0 Å². The topological polar surface area (TPSA) is 65.1 Å². The fourth-order valence-electron chi connectivity index (χ4n) is 2.17. The molecule has 1 amide bonds. The summed E-state index contributed by atoms with van der Waals surface area (Å²) in [5.41, 5.74) is 0.815. The van der Waals surface area contributed by atoms with Crippen LogP contribution in [0.5, 0.6) is 11.5 Å². The number of benzene rings is 1. The third kappa shape index (κ3) is 2.54. The van der Waals surface area contributed by atoms with Crippen LogP contribution in [0, 0.1) is 0 Å². The monoisotopic (exact) mass is 279 g/mol. The van der Waals surface area contributed by atoms with E-state index >= 15 is 0 Å². The highest BCUT2D eigenvalue weighted by molar-refractivity contribution is 5.94. The molecule has 0 aromatic heterocycles. The van der Waals surface area contributed by atoms with Crippen LogP contribution >= 0.6 is 0 Å². The highest BCUT2D eigenvalue weighted by atomic mass is 16.5. The lowest BCUT2D eigenvalue weighted by Gasteiger charge is -2.38. The van der Waals surface area contributed by atoms with Crippen LogP contribution in [0.15, 0.2) is 18.2 Å². The molecule has 0 bridgehead atoms. The number of ether oxygens (including phenoxy) is 3. The first kappa shape index (κ1) is 14.2. The molecule has 1 aromatic rings. The molecule has 1 fully saturated rings. The number of hydrogen-bond donors (Lipinski definition) is 0. The quantitative estimate of drug-likeness (QED) is 0.594. The molecule has 2 rings (SSSR count). The lowest BCUT2D eigenvalue weighted by molar-refractivity contribution is -0.165. The fraction of sp³-hybridized carbons (Fsp3) is 0.429. The average molecular weight is 279 g/mol. The van der Waals surface area contributed by atoms with Crippen LogP contribution < -0.4 is 9.47 Å². The molecule has 108 valence electrons. The van der Waals surface area contributed by atoms with Gasteiger partial charge in [-0.1, -0.05) is 0 Å². The number of β-lactam (4-membered cyclic amide) rings is 1. The zero-order chi connectivity index (χ0) is 14.7. The van der Waals surface area contributed by atoms with E-state index in [0.717, 1.165) is 5.56 Å². The average Bonchev–Trinajstić information content (AvgIpc) is 2.49. The number of likely N-dealkylation sites (tertiary alicyclic amines) is 1. The van der Waals surface area contributed by atoms with Gasteiger partial charge in [-0.2, -0.15) is 0 Å². The van der Waals surface area contributed by atoms with Gasteiger partial charge in [-0.25, -0.2) is 4.79 Å². The van der Waals surface area contributed by atoms with Crippen molar-refractivity contribution in [3.8, 4) is 11.5 Å². The zero-order valence-electron chi connectivity index (χ0n) is 11.7. The van der Waals surface area contributed by atoms with Gasteiger partial charge in [0.1, 0.15) is 17.5 Å². The van der Waals surface area contributed by atoms with Crippen LogP contribution in [0.1, 0.15) is 12.0 Å². The minimum absolute atomic E-state index is 0.0710. The number of rotatable bonds is 5. The molecule has 20 heavy (non-hydrogen) atoms. The molecule has 0 radical (unpaired) electrons. The molecular weight excluding hydrogens is 262 g/mol. The standard InChI is InChI=1S/C14H17NO5/c1-18-10-5-4-9(12(6-10)19-2)8-15-11(7-13(15)16)14(17)20-3/h4-6,11H,7-8H2,1-3H3. The van der Waals surface area contributed by atoms with Gasteiger partial charge < -0.3 is 19.1 Å². The molecule has 1 atom stereocenters. The number of esters is 1. The highest BCUT2D eigenvalue weighted by Gasteiger charge is 2.42. The van der Waals surface area contributed by atoms with Crippen molar-refractivity contribution in [1.29, 1.82) is 0 Å². The summed E-state index contributed by atoms with van der Waals surface area (Å²) in [5.74, 6) is 0.827. The first-order chi connectivity index (χ1) is 9.60. The van der Waals surface area contributed by atoms with E-state index in [1.165, 1.54) is 12.0 Å². The van der Waals surface area contributed by atoms with Crippen molar-refractivity contribution in [1.82, 2.24) is 4.90 Å². The van der Waals surface area contributed by atoms with E-state index < -0.39 is 12.0 Å². The Kier molecular flexibility index (Phi) is 4.12. The van der Waals surface area contributed by atoms with Crippen LogP contribution in [0.2, 0.25) is 0 Å². The third-order valence-electron chi connectivity index (χ3n) is 3.37. The minimum Gasteiger partial charge on any atom is -0.497 e. The maximum Gasteiger partial charge on any atom is 0.329 e. The smallest absolute Gasteiger partial charge is 0.329 e. The molecule has 0 aliphatic carbocycles. The van der Waals surface area contributed by atoms with Gasteiger partial charge in [0, 0.05) is 11.6 Å². The highest BCUT2D eigenvalue weighted by Crippen LogP contribution is 2.29. The number of hydrogen-bond acceptors (Lipinski definition) is 5. The van der Waals surface area contributed by atoms with Gasteiger partial charge in [-0.05, 0) is 12.1 Å². The summed E-state index contributed by atoms with van der Waals surface area (Å²) in [4.78, 5) is 24.7. The molecule has 0 saturated carbocycles. The minimum atomic E-state index is -0.501.